The van der Waals surface area contributed by atoms with Gasteiger partial charge in [0.15, 0.2) is 6.10 Å². The van der Waals surface area contributed by atoms with Crippen molar-refractivity contribution in [1.82, 2.24) is 0 Å². The van der Waals surface area contributed by atoms with Gasteiger partial charge in [-0.2, -0.15) is 0 Å². The maximum Gasteiger partial charge on any atom is 0.337 e. The molecule has 0 aromatic heterocycles. The fourth-order valence-corrected chi connectivity index (χ4v) is 1.08. The molecule has 0 spiro atoms. The Morgan fingerprint density at radius 3 is 2.64 bits per heavy atom. The molecule has 5 heteroatoms. The highest BCUT2D eigenvalue weighted by molar-refractivity contribution is 5.74. The Balaban J connectivity index is 3.15. The summed E-state index contributed by atoms with van der Waals surface area (Å²) >= 11 is 0. The van der Waals surface area contributed by atoms with E-state index in [-0.39, 0.29) is 5.56 Å². The molecule has 0 heterocycles. The average Bonchev–Trinajstić information content (AvgIpc) is 2.11. The van der Waals surface area contributed by atoms with Crippen molar-refractivity contribution in [1.29, 1.82) is 0 Å². The minimum Gasteiger partial charge on any atom is -0.479 e. The van der Waals surface area contributed by atoms with Gasteiger partial charge in [0, 0.05) is 12.7 Å². The van der Waals surface area contributed by atoms with Crippen LogP contribution in [0.1, 0.15) is 11.7 Å². The molecule has 0 aliphatic heterocycles. The molecule has 0 saturated carbocycles. The third-order valence-electron chi connectivity index (χ3n) is 1.70. The molecule has 0 saturated heterocycles. The highest BCUT2D eigenvalue weighted by Gasteiger charge is 2.22. The summed E-state index contributed by atoms with van der Waals surface area (Å²) < 4.78 is 30.3. The number of benzene rings is 1. The number of carbonyl (C=O) groups is 1. The second kappa shape index (κ2) is 4.15. The van der Waals surface area contributed by atoms with Gasteiger partial charge >= 0.3 is 5.97 Å². The summed E-state index contributed by atoms with van der Waals surface area (Å²) in [6, 6.07) is 2.57. The lowest BCUT2D eigenvalue weighted by Crippen LogP contribution is -2.15. The standard InChI is InChI=1S/C9H8F2O3/c1-14-8(9(12)13)6-4-5(10)2-3-7(6)11/h2-4,8H,1H3,(H,12,13). The Morgan fingerprint density at radius 1 is 1.50 bits per heavy atom. The van der Waals surface area contributed by atoms with Crippen molar-refractivity contribution in [2.45, 2.75) is 6.10 Å². The second-order valence-corrected chi connectivity index (χ2v) is 2.62. The third kappa shape index (κ3) is 2.05. The number of hydrogen-bond acceptors (Lipinski definition) is 2. The van der Waals surface area contributed by atoms with Crippen LogP contribution >= 0.6 is 0 Å². The fourth-order valence-electron chi connectivity index (χ4n) is 1.08. The molecule has 0 fully saturated rings. The zero-order valence-corrected chi connectivity index (χ0v) is 7.33. The zero-order chi connectivity index (χ0) is 10.7. The van der Waals surface area contributed by atoms with Crippen LogP contribution in [0.2, 0.25) is 0 Å². The van der Waals surface area contributed by atoms with Crippen LogP contribution in [-0.2, 0) is 9.53 Å². The molecule has 0 amide bonds. The number of aliphatic carboxylic acids is 1. The van der Waals surface area contributed by atoms with E-state index < -0.39 is 23.7 Å². The van der Waals surface area contributed by atoms with E-state index in [1.807, 2.05) is 0 Å². The largest absolute Gasteiger partial charge is 0.479 e. The molecular weight excluding hydrogens is 194 g/mol. The number of carboxylic acids is 1. The summed E-state index contributed by atoms with van der Waals surface area (Å²) in [7, 11) is 1.11. The van der Waals surface area contributed by atoms with E-state index in [0.29, 0.717) is 0 Å². The van der Waals surface area contributed by atoms with Gasteiger partial charge in [0.2, 0.25) is 0 Å². The van der Waals surface area contributed by atoms with Crippen LogP contribution in [0.5, 0.6) is 0 Å². The van der Waals surface area contributed by atoms with Crippen molar-refractivity contribution in [3.63, 3.8) is 0 Å². The number of ether oxygens (including phenoxy) is 1. The monoisotopic (exact) mass is 202 g/mol. The first kappa shape index (κ1) is 10.6. The van der Waals surface area contributed by atoms with Crippen molar-refractivity contribution < 1.29 is 23.4 Å². The number of halogens is 2. The molecule has 14 heavy (non-hydrogen) atoms. The molecule has 1 N–H and O–H groups in total. The highest BCUT2D eigenvalue weighted by Crippen LogP contribution is 2.21. The normalized spacial score (nSPS) is 12.5. The van der Waals surface area contributed by atoms with Crippen molar-refractivity contribution in [3.8, 4) is 0 Å². The SMILES string of the molecule is COC(C(=O)O)c1cc(F)ccc1F. The Labute approximate surface area is 78.9 Å². The lowest BCUT2D eigenvalue weighted by molar-refractivity contribution is -0.149. The molecule has 1 unspecified atom stereocenters. The van der Waals surface area contributed by atoms with Crippen LogP contribution < -0.4 is 0 Å². The predicted molar refractivity (Wildman–Crippen MR) is 43.7 cm³/mol. The molecule has 0 aliphatic carbocycles. The van der Waals surface area contributed by atoms with E-state index in [1.165, 1.54) is 0 Å². The number of rotatable bonds is 3. The van der Waals surface area contributed by atoms with Crippen molar-refractivity contribution in [2.24, 2.45) is 0 Å². The maximum atomic E-state index is 13.1. The lowest BCUT2D eigenvalue weighted by Gasteiger charge is -2.11. The molecule has 0 radical (unpaired) electrons. The van der Waals surface area contributed by atoms with Gasteiger partial charge in [0.05, 0.1) is 0 Å². The minimum atomic E-state index is -1.48. The topological polar surface area (TPSA) is 46.5 Å². The Morgan fingerprint density at radius 2 is 2.14 bits per heavy atom. The number of hydrogen-bond donors (Lipinski definition) is 1. The van der Waals surface area contributed by atoms with Crippen molar-refractivity contribution in [3.05, 3.63) is 35.4 Å². The Bertz CT molecular complexity index is 352. The highest BCUT2D eigenvalue weighted by atomic mass is 19.1. The molecule has 1 aromatic rings. The first-order valence-electron chi connectivity index (χ1n) is 3.77. The van der Waals surface area contributed by atoms with Crippen LogP contribution in [0.15, 0.2) is 18.2 Å². The van der Waals surface area contributed by atoms with Gasteiger partial charge in [0.1, 0.15) is 11.6 Å². The van der Waals surface area contributed by atoms with Crippen LogP contribution in [0.25, 0.3) is 0 Å². The van der Waals surface area contributed by atoms with E-state index in [1.54, 1.807) is 0 Å². The zero-order valence-electron chi connectivity index (χ0n) is 7.33. The van der Waals surface area contributed by atoms with Gasteiger partial charge in [-0.25, -0.2) is 13.6 Å². The molecule has 0 aliphatic rings. The van der Waals surface area contributed by atoms with Crippen LogP contribution in [0.4, 0.5) is 8.78 Å². The van der Waals surface area contributed by atoms with Gasteiger partial charge in [-0.1, -0.05) is 0 Å². The van der Waals surface area contributed by atoms with E-state index in [0.717, 1.165) is 25.3 Å². The molecule has 1 rings (SSSR count). The average molecular weight is 202 g/mol. The predicted octanol–water partition coefficient (Wildman–Crippen LogP) is 1.74. The van der Waals surface area contributed by atoms with Gasteiger partial charge in [-0.15, -0.1) is 0 Å². The van der Waals surface area contributed by atoms with Crippen LogP contribution in [-0.4, -0.2) is 18.2 Å². The summed E-state index contributed by atoms with van der Waals surface area (Å²) in [5, 5.41) is 8.63. The third-order valence-corrected chi connectivity index (χ3v) is 1.70. The summed E-state index contributed by atoms with van der Waals surface area (Å²) in [5.74, 6) is -2.87. The quantitative estimate of drug-likeness (QED) is 0.811. The van der Waals surface area contributed by atoms with Crippen molar-refractivity contribution in [2.75, 3.05) is 7.11 Å². The first-order valence-corrected chi connectivity index (χ1v) is 3.77. The first-order chi connectivity index (χ1) is 6.56. The fraction of sp³-hybridized carbons (Fsp3) is 0.222. The number of methoxy groups -OCH3 is 1. The van der Waals surface area contributed by atoms with Gasteiger partial charge in [-0.05, 0) is 18.2 Å². The molecule has 1 atom stereocenters. The smallest absolute Gasteiger partial charge is 0.337 e. The van der Waals surface area contributed by atoms with Gasteiger partial charge in [-0.3, -0.25) is 0 Å². The van der Waals surface area contributed by atoms with Gasteiger partial charge < -0.3 is 9.84 Å². The molecular formula is C9H8F2O3. The minimum absolute atomic E-state index is 0.319. The molecule has 76 valence electrons. The van der Waals surface area contributed by atoms with Gasteiger partial charge in [0.25, 0.3) is 0 Å². The van der Waals surface area contributed by atoms with Crippen LogP contribution in [0, 0.1) is 11.6 Å². The summed E-state index contributed by atoms with van der Waals surface area (Å²) in [5.41, 5.74) is -0.319. The van der Waals surface area contributed by atoms with E-state index in [2.05, 4.69) is 4.74 Å². The summed E-state index contributed by atoms with van der Waals surface area (Å²) in [6.07, 6.45) is -1.48. The second-order valence-electron chi connectivity index (χ2n) is 2.62. The van der Waals surface area contributed by atoms with E-state index >= 15 is 0 Å². The van der Waals surface area contributed by atoms with E-state index in [4.69, 9.17) is 5.11 Å². The summed E-state index contributed by atoms with van der Waals surface area (Å²) in [6.45, 7) is 0. The molecule has 0 bridgehead atoms. The Kier molecular flexibility index (Phi) is 3.14. The van der Waals surface area contributed by atoms with E-state index in [9.17, 15) is 13.6 Å². The summed E-state index contributed by atoms with van der Waals surface area (Å²) in [4.78, 5) is 10.6. The maximum absolute atomic E-state index is 13.1. The number of carboxylic acid groups (broad SMARTS) is 1. The van der Waals surface area contributed by atoms with Crippen LogP contribution in [0.3, 0.4) is 0 Å². The lowest BCUT2D eigenvalue weighted by atomic mass is 10.1. The van der Waals surface area contributed by atoms with Crippen molar-refractivity contribution >= 4 is 5.97 Å². The molecule has 1 aromatic carbocycles. The Hall–Kier alpha value is -1.49. The molecule has 3 nitrogen and oxygen atoms in total.